The highest BCUT2D eigenvalue weighted by molar-refractivity contribution is 4.88. The number of rotatable bonds is 2. The minimum atomic E-state index is -1.11. The summed E-state index contributed by atoms with van der Waals surface area (Å²) in [7, 11) is 3.78. The first-order valence-corrected chi connectivity index (χ1v) is 4.00. The number of hydrogen-bond acceptors (Lipinski definition) is 1. The van der Waals surface area contributed by atoms with Crippen molar-refractivity contribution in [3.63, 3.8) is 0 Å². The summed E-state index contributed by atoms with van der Waals surface area (Å²) in [6.07, 6.45) is 0. The Morgan fingerprint density at radius 3 is 1.55 bits per heavy atom. The monoisotopic (exact) mass is 161 g/mol. The summed E-state index contributed by atoms with van der Waals surface area (Å²) in [6, 6.07) is 0. The second-order valence-electron chi connectivity index (χ2n) is 4.69. The molecule has 0 heterocycles. The van der Waals surface area contributed by atoms with Crippen LogP contribution in [0.5, 0.6) is 0 Å². The largest absolute Gasteiger partial charge is 0.306 e. The SMILES string of the molecule is CN(C)CC(C)(F)C(C)(C)C. The molecule has 0 saturated carbocycles. The van der Waals surface area contributed by atoms with E-state index in [1.807, 2.05) is 39.8 Å². The van der Waals surface area contributed by atoms with Crippen LogP contribution in [0.25, 0.3) is 0 Å². The van der Waals surface area contributed by atoms with Crippen molar-refractivity contribution < 1.29 is 4.39 Å². The van der Waals surface area contributed by atoms with Gasteiger partial charge in [0, 0.05) is 6.54 Å². The quantitative estimate of drug-likeness (QED) is 0.600. The van der Waals surface area contributed by atoms with E-state index in [0.717, 1.165) is 0 Å². The van der Waals surface area contributed by atoms with Crippen molar-refractivity contribution in [1.29, 1.82) is 0 Å². The molecule has 0 saturated heterocycles. The molecule has 0 aliphatic heterocycles. The zero-order valence-corrected chi connectivity index (χ0v) is 8.53. The lowest BCUT2D eigenvalue weighted by Crippen LogP contribution is -2.43. The minimum Gasteiger partial charge on any atom is -0.306 e. The van der Waals surface area contributed by atoms with E-state index in [1.54, 1.807) is 6.92 Å². The van der Waals surface area contributed by atoms with Gasteiger partial charge in [0.2, 0.25) is 0 Å². The summed E-state index contributed by atoms with van der Waals surface area (Å²) in [4.78, 5) is 1.88. The van der Waals surface area contributed by atoms with E-state index in [2.05, 4.69) is 0 Å². The molecule has 0 spiro atoms. The average molecular weight is 161 g/mol. The van der Waals surface area contributed by atoms with Crippen LogP contribution in [0.4, 0.5) is 4.39 Å². The third-order valence-corrected chi connectivity index (χ3v) is 2.18. The molecule has 0 bridgehead atoms. The number of alkyl halides is 1. The van der Waals surface area contributed by atoms with Gasteiger partial charge in [0.1, 0.15) is 5.67 Å². The molecule has 0 fully saturated rings. The summed E-state index contributed by atoms with van der Waals surface area (Å²) in [6.45, 7) is 7.92. The van der Waals surface area contributed by atoms with Crippen molar-refractivity contribution in [1.82, 2.24) is 4.90 Å². The lowest BCUT2D eigenvalue weighted by Gasteiger charge is -2.36. The van der Waals surface area contributed by atoms with Crippen molar-refractivity contribution in [2.75, 3.05) is 20.6 Å². The first kappa shape index (κ1) is 10.9. The molecule has 0 aromatic carbocycles. The van der Waals surface area contributed by atoms with Gasteiger partial charge in [-0.25, -0.2) is 4.39 Å². The van der Waals surface area contributed by atoms with E-state index >= 15 is 0 Å². The van der Waals surface area contributed by atoms with Crippen LogP contribution in [0.3, 0.4) is 0 Å². The molecule has 1 unspecified atom stereocenters. The summed E-state index contributed by atoms with van der Waals surface area (Å²) in [5.74, 6) is 0. The number of halogens is 1. The molecule has 2 heteroatoms. The summed E-state index contributed by atoms with van der Waals surface area (Å²) >= 11 is 0. The minimum absolute atomic E-state index is 0.280. The molecule has 0 amide bonds. The van der Waals surface area contributed by atoms with Crippen LogP contribution in [-0.4, -0.2) is 31.2 Å². The van der Waals surface area contributed by atoms with Crippen LogP contribution < -0.4 is 0 Å². The van der Waals surface area contributed by atoms with Crippen molar-refractivity contribution in [2.45, 2.75) is 33.4 Å². The van der Waals surface area contributed by atoms with Crippen molar-refractivity contribution in [2.24, 2.45) is 5.41 Å². The molecular formula is C9H20FN. The van der Waals surface area contributed by atoms with Gasteiger partial charge in [0.05, 0.1) is 0 Å². The maximum atomic E-state index is 13.8. The van der Waals surface area contributed by atoms with Crippen molar-refractivity contribution in [3.8, 4) is 0 Å². The maximum Gasteiger partial charge on any atom is 0.125 e. The fourth-order valence-electron chi connectivity index (χ4n) is 0.831. The first-order chi connectivity index (χ1) is 4.67. The Morgan fingerprint density at radius 1 is 1.09 bits per heavy atom. The highest BCUT2D eigenvalue weighted by atomic mass is 19.1. The van der Waals surface area contributed by atoms with Crippen LogP contribution in [0.15, 0.2) is 0 Å². The molecular weight excluding hydrogens is 141 g/mol. The van der Waals surface area contributed by atoms with Gasteiger partial charge in [-0.1, -0.05) is 20.8 Å². The third kappa shape index (κ3) is 3.19. The first-order valence-electron chi connectivity index (χ1n) is 4.00. The molecule has 0 N–H and O–H groups in total. The van der Waals surface area contributed by atoms with Gasteiger partial charge in [0.15, 0.2) is 0 Å². The van der Waals surface area contributed by atoms with Gasteiger partial charge in [-0.3, -0.25) is 0 Å². The van der Waals surface area contributed by atoms with Crippen LogP contribution in [-0.2, 0) is 0 Å². The van der Waals surface area contributed by atoms with E-state index in [-0.39, 0.29) is 5.41 Å². The van der Waals surface area contributed by atoms with Crippen LogP contribution >= 0.6 is 0 Å². The molecule has 0 aliphatic rings. The normalized spacial score (nSPS) is 18.5. The van der Waals surface area contributed by atoms with Crippen LogP contribution in [0.1, 0.15) is 27.7 Å². The molecule has 11 heavy (non-hydrogen) atoms. The Kier molecular flexibility index (Phi) is 3.06. The van der Waals surface area contributed by atoms with E-state index in [1.165, 1.54) is 0 Å². The average Bonchev–Trinajstić information content (AvgIpc) is 1.56. The Morgan fingerprint density at radius 2 is 1.45 bits per heavy atom. The highest BCUT2D eigenvalue weighted by Crippen LogP contribution is 2.33. The summed E-state index contributed by atoms with van der Waals surface area (Å²) < 4.78 is 13.8. The second kappa shape index (κ2) is 3.10. The molecule has 1 nitrogen and oxygen atoms in total. The van der Waals surface area contributed by atoms with Crippen LogP contribution in [0.2, 0.25) is 0 Å². The molecule has 0 aliphatic carbocycles. The smallest absolute Gasteiger partial charge is 0.125 e. The number of nitrogens with zero attached hydrogens (tertiary/aromatic N) is 1. The predicted octanol–water partition coefficient (Wildman–Crippen LogP) is 2.32. The summed E-state index contributed by atoms with van der Waals surface area (Å²) in [5.41, 5.74) is -1.40. The van der Waals surface area contributed by atoms with Gasteiger partial charge >= 0.3 is 0 Å². The van der Waals surface area contributed by atoms with Gasteiger partial charge in [0.25, 0.3) is 0 Å². The Balaban J connectivity index is 4.22. The third-order valence-electron chi connectivity index (χ3n) is 2.18. The lowest BCUT2D eigenvalue weighted by molar-refractivity contribution is 0.0233. The maximum absolute atomic E-state index is 13.8. The fraction of sp³-hybridized carbons (Fsp3) is 1.00. The molecule has 0 aromatic rings. The van der Waals surface area contributed by atoms with Crippen LogP contribution in [0, 0.1) is 5.41 Å². The Labute approximate surface area is 69.6 Å². The zero-order valence-electron chi connectivity index (χ0n) is 8.53. The molecule has 68 valence electrons. The molecule has 0 aromatic heterocycles. The topological polar surface area (TPSA) is 3.24 Å². The van der Waals surface area contributed by atoms with E-state index in [9.17, 15) is 4.39 Å². The molecule has 0 rings (SSSR count). The molecule has 0 radical (unpaired) electrons. The van der Waals surface area contributed by atoms with Crippen molar-refractivity contribution in [3.05, 3.63) is 0 Å². The lowest BCUT2D eigenvalue weighted by atomic mass is 9.79. The fourth-order valence-corrected chi connectivity index (χ4v) is 0.831. The molecule has 1 atom stereocenters. The summed E-state index contributed by atoms with van der Waals surface area (Å²) in [5, 5.41) is 0. The number of hydrogen-bond donors (Lipinski definition) is 0. The Hall–Kier alpha value is -0.110. The zero-order chi connectivity index (χ0) is 9.28. The van der Waals surface area contributed by atoms with E-state index < -0.39 is 5.67 Å². The van der Waals surface area contributed by atoms with E-state index in [4.69, 9.17) is 0 Å². The standard InChI is InChI=1S/C9H20FN/c1-8(2,3)9(4,10)7-11(5)6/h7H2,1-6H3. The van der Waals surface area contributed by atoms with Gasteiger partial charge in [-0.15, -0.1) is 0 Å². The highest BCUT2D eigenvalue weighted by Gasteiger charge is 2.37. The van der Waals surface area contributed by atoms with Gasteiger partial charge in [-0.2, -0.15) is 0 Å². The second-order valence-corrected chi connectivity index (χ2v) is 4.69. The van der Waals surface area contributed by atoms with Crippen molar-refractivity contribution >= 4 is 0 Å². The van der Waals surface area contributed by atoms with Gasteiger partial charge < -0.3 is 4.90 Å². The van der Waals surface area contributed by atoms with E-state index in [0.29, 0.717) is 6.54 Å². The predicted molar refractivity (Wildman–Crippen MR) is 47.5 cm³/mol. The Bertz CT molecular complexity index is 122. The van der Waals surface area contributed by atoms with Gasteiger partial charge in [-0.05, 0) is 26.4 Å².